The van der Waals surface area contributed by atoms with Gasteiger partial charge in [-0.05, 0) is 12.1 Å². The zero-order valence-electron chi connectivity index (χ0n) is 12.6. The topological polar surface area (TPSA) is 46.4 Å². The first kappa shape index (κ1) is 13.9. The summed E-state index contributed by atoms with van der Waals surface area (Å²) in [5, 5.41) is 8.08. The standard InChI is InChI=1S/C15H21N5O/c1-18-12-16-17-15(18)11-19-7-9-20(10-8-19)13-5-3-4-6-14(13)21-2/h3-6,12H,7-11H2,1-2H3. The van der Waals surface area contributed by atoms with E-state index in [-0.39, 0.29) is 0 Å². The van der Waals surface area contributed by atoms with Crippen molar-refractivity contribution >= 4 is 5.69 Å². The number of para-hydroxylation sites is 2. The van der Waals surface area contributed by atoms with Crippen molar-refractivity contribution < 1.29 is 4.74 Å². The predicted octanol–water partition coefficient (Wildman–Crippen LogP) is 1.15. The summed E-state index contributed by atoms with van der Waals surface area (Å²) in [5.74, 6) is 1.96. The lowest BCUT2D eigenvalue weighted by molar-refractivity contribution is 0.241. The second kappa shape index (κ2) is 6.13. The van der Waals surface area contributed by atoms with Crippen LogP contribution in [0.25, 0.3) is 0 Å². The van der Waals surface area contributed by atoms with Gasteiger partial charge in [-0.2, -0.15) is 0 Å². The summed E-state index contributed by atoms with van der Waals surface area (Å²) in [6, 6.07) is 8.20. The maximum absolute atomic E-state index is 5.45. The third-order valence-electron chi connectivity index (χ3n) is 3.97. The molecule has 1 saturated heterocycles. The van der Waals surface area contributed by atoms with E-state index in [1.165, 1.54) is 5.69 Å². The Hall–Kier alpha value is -2.08. The van der Waals surface area contributed by atoms with Crippen molar-refractivity contribution in [3.05, 3.63) is 36.4 Å². The number of methoxy groups -OCH3 is 1. The average molecular weight is 287 g/mol. The summed E-state index contributed by atoms with van der Waals surface area (Å²) in [6.07, 6.45) is 1.75. The smallest absolute Gasteiger partial charge is 0.146 e. The number of aryl methyl sites for hydroxylation is 1. The number of nitrogens with zero attached hydrogens (tertiary/aromatic N) is 5. The predicted molar refractivity (Wildman–Crippen MR) is 81.5 cm³/mol. The van der Waals surface area contributed by atoms with Crippen molar-refractivity contribution in [2.45, 2.75) is 6.54 Å². The van der Waals surface area contributed by atoms with E-state index in [1.54, 1.807) is 13.4 Å². The number of benzene rings is 1. The van der Waals surface area contributed by atoms with Crippen molar-refractivity contribution in [3.63, 3.8) is 0 Å². The van der Waals surface area contributed by atoms with E-state index >= 15 is 0 Å². The van der Waals surface area contributed by atoms with Crippen LogP contribution in [0.4, 0.5) is 5.69 Å². The number of aromatic nitrogens is 3. The minimum Gasteiger partial charge on any atom is -0.495 e. The van der Waals surface area contributed by atoms with Crippen LogP contribution in [0.5, 0.6) is 5.75 Å². The molecule has 2 aromatic rings. The highest BCUT2D eigenvalue weighted by molar-refractivity contribution is 5.58. The molecule has 1 aromatic heterocycles. The van der Waals surface area contributed by atoms with E-state index < -0.39 is 0 Å². The molecule has 0 atom stereocenters. The molecule has 0 N–H and O–H groups in total. The van der Waals surface area contributed by atoms with Gasteiger partial charge in [0, 0.05) is 33.2 Å². The lowest BCUT2D eigenvalue weighted by Gasteiger charge is -2.36. The molecule has 112 valence electrons. The minimum atomic E-state index is 0.857. The highest BCUT2D eigenvalue weighted by atomic mass is 16.5. The summed E-state index contributed by atoms with van der Waals surface area (Å²) in [4.78, 5) is 4.79. The van der Waals surface area contributed by atoms with Crippen LogP contribution in [0.3, 0.4) is 0 Å². The van der Waals surface area contributed by atoms with Gasteiger partial charge in [-0.3, -0.25) is 4.90 Å². The van der Waals surface area contributed by atoms with Crippen molar-refractivity contribution in [2.75, 3.05) is 38.2 Å². The Morgan fingerprint density at radius 3 is 2.57 bits per heavy atom. The Bertz CT molecular complexity index is 589. The first-order valence-electron chi connectivity index (χ1n) is 7.21. The van der Waals surface area contributed by atoms with Gasteiger partial charge in [-0.15, -0.1) is 10.2 Å². The van der Waals surface area contributed by atoms with E-state index in [4.69, 9.17) is 4.74 Å². The normalized spacial score (nSPS) is 16.2. The Morgan fingerprint density at radius 1 is 1.14 bits per heavy atom. The van der Waals surface area contributed by atoms with E-state index in [0.29, 0.717) is 0 Å². The molecule has 1 aliphatic rings. The molecule has 1 fully saturated rings. The number of ether oxygens (including phenoxy) is 1. The van der Waals surface area contributed by atoms with Gasteiger partial charge in [0.15, 0.2) is 0 Å². The van der Waals surface area contributed by atoms with Gasteiger partial charge in [-0.1, -0.05) is 12.1 Å². The Kier molecular flexibility index (Phi) is 4.06. The second-order valence-electron chi connectivity index (χ2n) is 5.29. The fourth-order valence-corrected chi connectivity index (χ4v) is 2.69. The maximum atomic E-state index is 5.45. The first-order chi connectivity index (χ1) is 10.3. The molecule has 21 heavy (non-hydrogen) atoms. The highest BCUT2D eigenvalue weighted by Crippen LogP contribution is 2.28. The molecule has 2 heterocycles. The summed E-state index contributed by atoms with van der Waals surface area (Å²) in [6.45, 7) is 4.89. The fourth-order valence-electron chi connectivity index (χ4n) is 2.69. The third-order valence-corrected chi connectivity index (χ3v) is 3.97. The Balaban J connectivity index is 1.61. The third kappa shape index (κ3) is 3.00. The van der Waals surface area contributed by atoms with Gasteiger partial charge in [0.05, 0.1) is 19.3 Å². The lowest BCUT2D eigenvalue weighted by atomic mass is 10.2. The number of piperazine rings is 1. The molecule has 0 saturated carbocycles. The average Bonchev–Trinajstić information content (AvgIpc) is 2.93. The maximum Gasteiger partial charge on any atom is 0.146 e. The molecule has 0 bridgehead atoms. The molecule has 1 aromatic carbocycles. The SMILES string of the molecule is COc1ccccc1N1CCN(Cc2nncn2C)CC1. The number of anilines is 1. The van der Waals surface area contributed by atoms with E-state index in [2.05, 4.69) is 32.1 Å². The van der Waals surface area contributed by atoms with Crippen molar-refractivity contribution in [3.8, 4) is 5.75 Å². The van der Waals surface area contributed by atoms with Crippen LogP contribution in [0.2, 0.25) is 0 Å². The van der Waals surface area contributed by atoms with Crippen LogP contribution in [0.15, 0.2) is 30.6 Å². The molecule has 1 aliphatic heterocycles. The molecule has 3 rings (SSSR count). The van der Waals surface area contributed by atoms with Crippen molar-refractivity contribution in [2.24, 2.45) is 7.05 Å². The highest BCUT2D eigenvalue weighted by Gasteiger charge is 2.20. The molecule has 0 unspecified atom stereocenters. The van der Waals surface area contributed by atoms with E-state index in [9.17, 15) is 0 Å². The van der Waals surface area contributed by atoms with Gasteiger partial charge >= 0.3 is 0 Å². The second-order valence-corrected chi connectivity index (χ2v) is 5.29. The van der Waals surface area contributed by atoms with Gasteiger partial charge < -0.3 is 14.2 Å². The molecule has 6 heteroatoms. The van der Waals surface area contributed by atoms with Gasteiger partial charge in [0.25, 0.3) is 0 Å². The lowest BCUT2D eigenvalue weighted by Crippen LogP contribution is -2.46. The monoisotopic (exact) mass is 287 g/mol. The summed E-state index contributed by atoms with van der Waals surface area (Å²) >= 11 is 0. The van der Waals surface area contributed by atoms with Gasteiger partial charge in [0.2, 0.25) is 0 Å². The van der Waals surface area contributed by atoms with Crippen LogP contribution in [0, 0.1) is 0 Å². The molecule has 0 radical (unpaired) electrons. The van der Waals surface area contributed by atoms with Crippen LogP contribution < -0.4 is 9.64 Å². The first-order valence-corrected chi connectivity index (χ1v) is 7.21. The molecular weight excluding hydrogens is 266 g/mol. The molecular formula is C15H21N5O. The Labute approximate surface area is 124 Å². The van der Waals surface area contributed by atoms with Crippen molar-refractivity contribution in [1.29, 1.82) is 0 Å². The van der Waals surface area contributed by atoms with Gasteiger partial charge in [-0.25, -0.2) is 0 Å². The zero-order chi connectivity index (χ0) is 14.7. The molecule has 0 amide bonds. The van der Waals surface area contributed by atoms with Gasteiger partial charge in [0.1, 0.15) is 17.9 Å². The molecule has 0 aliphatic carbocycles. The summed E-state index contributed by atoms with van der Waals surface area (Å²) < 4.78 is 7.43. The van der Waals surface area contributed by atoms with Crippen LogP contribution in [-0.2, 0) is 13.6 Å². The summed E-state index contributed by atoms with van der Waals surface area (Å²) in [5.41, 5.74) is 1.18. The van der Waals surface area contributed by atoms with Crippen LogP contribution in [-0.4, -0.2) is 53.0 Å². The number of hydrogen-bond acceptors (Lipinski definition) is 5. The van der Waals surface area contributed by atoms with Crippen molar-refractivity contribution in [1.82, 2.24) is 19.7 Å². The Morgan fingerprint density at radius 2 is 1.90 bits per heavy atom. The number of hydrogen-bond donors (Lipinski definition) is 0. The van der Waals surface area contributed by atoms with E-state index in [1.807, 2.05) is 23.7 Å². The molecule has 0 spiro atoms. The van der Waals surface area contributed by atoms with Crippen LogP contribution >= 0.6 is 0 Å². The minimum absolute atomic E-state index is 0.857. The largest absolute Gasteiger partial charge is 0.495 e. The zero-order valence-corrected chi connectivity index (χ0v) is 12.6. The quantitative estimate of drug-likeness (QED) is 0.844. The molecule has 6 nitrogen and oxygen atoms in total. The fraction of sp³-hybridized carbons (Fsp3) is 0.467. The summed E-state index contributed by atoms with van der Waals surface area (Å²) in [7, 11) is 3.71. The van der Waals surface area contributed by atoms with E-state index in [0.717, 1.165) is 44.3 Å². The number of rotatable bonds is 4. The van der Waals surface area contributed by atoms with Crippen LogP contribution in [0.1, 0.15) is 5.82 Å².